The Kier molecular flexibility index (Phi) is 13.9. The summed E-state index contributed by atoms with van der Waals surface area (Å²) < 4.78 is 155. The largest absolute Gasteiger partial charge is 0.416 e. The maximum absolute atomic E-state index is 13.4. The molecule has 0 radical (unpaired) electrons. The molecule has 2 aliphatic heterocycles. The Bertz CT molecular complexity index is 1890. The molecule has 56 heavy (non-hydrogen) atoms. The molecule has 0 aromatic heterocycles. The van der Waals surface area contributed by atoms with Crippen molar-refractivity contribution >= 4 is 0 Å². The van der Waals surface area contributed by atoms with E-state index in [4.69, 9.17) is 9.47 Å². The highest BCUT2D eigenvalue weighted by Crippen LogP contribution is 2.38. The summed E-state index contributed by atoms with van der Waals surface area (Å²) in [5.74, 6) is -0.833. The average molecular weight is 803 g/mol. The van der Waals surface area contributed by atoms with Crippen molar-refractivity contribution in [3.8, 4) is 0 Å². The maximum atomic E-state index is 13.4. The Morgan fingerprint density at radius 3 is 1.39 bits per heavy atom. The number of benzene rings is 4. The molecule has 4 unspecified atom stereocenters. The second kappa shape index (κ2) is 18.0. The summed E-state index contributed by atoms with van der Waals surface area (Å²) >= 11 is 0. The van der Waals surface area contributed by atoms with Gasteiger partial charge in [0.2, 0.25) is 0 Å². The van der Waals surface area contributed by atoms with E-state index >= 15 is 0 Å². The van der Waals surface area contributed by atoms with Crippen LogP contribution in [0.1, 0.15) is 74.7 Å². The molecule has 2 N–H and O–H groups in total. The fourth-order valence-corrected chi connectivity index (χ4v) is 7.15. The molecule has 304 valence electrons. The van der Waals surface area contributed by atoms with Gasteiger partial charge in [0.1, 0.15) is 11.6 Å². The lowest BCUT2D eigenvalue weighted by atomic mass is 9.86. The topological polar surface area (TPSA) is 42.5 Å². The van der Waals surface area contributed by atoms with Crippen molar-refractivity contribution in [1.29, 1.82) is 0 Å². The second-order valence-electron chi connectivity index (χ2n) is 14.0. The van der Waals surface area contributed by atoms with Crippen LogP contribution in [0.5, 0.6) is 0 Å². The van der Waals surface area contributed by atoms with Crippen molar-refractivity contribution in [3.05, 3.63) is 141 Å². The molecule has 4 atom stereocenters. The van der Waals surface area contributed by atoms with Crippen molar-refractivity contribution in [3.63, 3.8) is 0 Å². The van der Waals surface area contributed by atoms with Crippen LogP contribution in [0.25, 0.3) is 0 Å². The quantitative estimate of drug-likeness (QED) is 0.174. The van der Waals surface area contributed by atoms with Gasteiger partial charge in [0.25, 0.3) is 0 Å². The van der Waals surface area contributed by atoms with E-state index in [-0.39, 0.29) is 47.8 Å². The van der Waals surface area contributed by atoms with Crippen LogP contribution in [0.15, 0.2) is 78.9 Å². The number of aryl methyl sites for hydroxylation is 2. The molecule has 0 amide bonds. The first-order chi connectivity index (χ1) is 26.3. The average Bonchev–Trinajstić information content (AvgIpc) is 3.13. The summed E-state index contributed by atoms with van der Waals surface area (Å²) in [6, 6.07) is 15.7. The fraction of sp³-hybridized carbons (Fsp3) is 0.415. The van der Waals surface area contributed by atoms with Gasteiger partial charge in [-0.2, -0.15) is 39.5 Å². The third-order valence-corrected chi connectivity index (χ3v) is 9.93. The van der Waals surface area contributed by atoms with Crippen LogP contribution in [0.4, 0.5) is 48.3 Å². The van der Waals surface area contributed by atoms with E-state index in [1.807, 2.05) is 6.92 Å². The van der Waals surface area contributed by atoms with Crippen LogP contribution < -0.4 is 10.6 Å². The SMILES string of the molecule is Cc1cc(F)ccc1C1CNCCC1OCc1cc(C(F)(F)F)cc(C(F)(F)F)c1.Cc1cc(F)ccc1C1CNCCC1OCc1cccc(C(F)(F)F)c1. The molecule has 4 aromatic carbocycles. The summed E-state index contributed by atoms with van der Waals surface area (Å²) in [7, 11) is 0. The van der Waals surface area contributed by atoms with Crippen LogP contribution in [-0.2, 0) is 41.2 Å². The lowest BCUT2D eigenvalue weighted by Crippen LogP contribution is -2.40. The molecule has 0 bridgehead atoms. The monoisotopic (exact) mass is 802 g/mol. The van der Waals surface area contributed by atoms with Gasteiger partial charge in [-0.25, -0.2) is 8.78 Å². The fourth-order valence-electron chi connectivity index (χ4n) is 7.15. The van der Waals surface area contributed by atoms with Crippen molar-refractivity contribution in [1.82, 2.24) is 10.6 Å². The summed E-state index contributed by atoms with van der Waals surface area (Å²) in [5.41, 5.74) is 0.274. The molecule has 0 spiro atoms. The third-order valence-electron chi connectivity index (χ3n) is 9.93. The molecule has 2 heterocycles. The number of hydrogen-bond acceptors (Lipinski definition) is 4. The van der Waals surface area contributed by atoms with Crippen LogP contribution in [0, 0.1) is 25.5 Å². The second-order valence-corrected chi connectivity index (χ2v) is 14.0. The first-order valence-electron chi connectivity index (χ1n) is 17.9. The van der Waals surface area contributed by atoms with Gasteiger partial charge >= 0.3 is 18.5 Å². The van der Waals surface area contributed by atoms with E-state index in [2.05, 4.69) is 10.6 Å². The normalized spacial score (nSPS) is 20.7. The molecular weight excluding hydrogens is 761 g/mol. The first kappa shape index (κ1) is 43.1. The Morgan fingerprint density at radius 1 is 0.536 bits per heavy atom. The van der Waals surface area contributed by atoms with E-state index in [9.17, 15) is 48.3 Å². The zero-order chi connectivity index (χ0) is 40.8. The number of hydrogen-bond donors (Lipinski definition) is 2. The minimum Gasteiger partial charge on any atom is -0.373 e. The van der Waals surface area contributed by atoms with Gasteiger partial charge in [0.05, 0.1) is 42.1 Å². The molecule has 2 fully saturated rings. The highest BCUT2D eigenvalue weighted by molar-refractivity contribution is 5.35. The number of piperidine rings is 2. The van der Waals surface area contributed by atoms with Gasteiger partial charge in [0, 0.05) is 24.9 Å². The summed E-state index contributed by atoms with van der Waals surface area (Å²) in [4.78, 5) is 0. The maximum Gasteiger partial charge on any atom is 0.416 e. The van der Waals surface area contributed by atoms with E-state index < -0.39 is 47.9 Å². The Hall–Kier alpha value is -4.05. The number of halogens is 11. The minimum atomic E-state index is -4.90. The van der Waals surface area contributed by atoms with E-state index in [0.29, 0.717) is 49.3 Å². The number of ether oxygens (including phenoxy) is 2. The Labute approximate surface area is 317 Å². The summed E-state index contributed by atoms with van der Waals surface area (Å²) in [5, 5.41) is 6.50. The smallest absolute Gasteiger partial charge is 0.373 e. The number of rotatable bonds is 8. The van der Waals surface area contributed by atoms with Crippen LogP contribution in [-0.4, -0.2) is 38.4 Å². The van der Waals surface area contributed by atoms with E-state index in [1.165, 1.54) is 30.3 Å². The van der Waals surface area contributed by atoms with Crippen LogP contribution in [0.2, 0.25) is 0 Å². The van der Waals surface area contributed by atoms with Gasteiger partial charge in [-0.1, -0.05) is 24.3 Å². The summed E-state index contributed by atoms with van der Waals surface area (Å²) in [6.07, 6.45) is -13.5. The predicted octanol–water partition coefficient (Wildman–Crippen LogP) is 10.6. The highest BCUT2D eigenvalue weighted by atomic mass is 19.4. The molecular formula is C41H41F11N2O2. The number of alkyl halides is 9. The Balaban J connectivity index is 0.000000216. The first-order valence-corrected chi connectivity index (χ1v) is 17.9. The van der Waals surface area contributed by atoms with Crippen LogP contribution in [0.3, 0.4) is 0 Å². The lowest BCUT2D eigenvalue weighted by Gasteiger charge is -2.33. The van der Waals surface area contributed by atoms with Crippen LogP contribution >= 0.6 is 0 Å². The van der Waals surface area contributed by atoms with Crippen molar-refractivity contribution in [2.45, 2.75) is 82.5 Å². The van der Waals surface area contributed by atoms with E-state index in [0.717, 1.165) is 41.8 Å². The molecule has 2 aliphatic rings. The standard InChI is InChI=1S/C21H20F7NO.C20H21F4NO/c1-12-6-16(22)2-3-17(12)18-10-29-5-4-19(18)30-11-13-7-14(20(23,24)25)9-15(8-13)21(26,27)28;1-13-9-16(21)5-6-17(13)18-11-25-8-7-19(18)26-12-14-3-2-4-15(10-14)20(22,23)24/h2-3,6-9,18-19,29H,4-5,10-11H2,1H3;2-6,9-10,18-19,25H,7-8,11-12H2,1H3. The number of nitrogens with one attached hydrogen (secondary N) is 2. The minimum absolute atomic E-state index is 0.0372. The highest BCUT2D eigenvalue weighted by Gasteiger charge is 2.37. The van der Waals surface area contributed by atoms with E-state index in [1.54, 1.807) is 25.1 Å². The Morgan fingerprint density at radius 2 is 0.964 bits per heavy atom. The molecule has 6 rings (SSSR count). The molecule has 0 aliphatic carbocycles. The zero-order valence-electron chi connectivity index (χ0n) is 30.4. The van der Waals surface area contributed by atoms with Crippen molar-refractivity contribution in [2.24, 2.45) is 0 Å². The predicted molar refractivity (Wildman–Crippen MR) is 188 cm³/mol. The van der Waals surface area contributed by atoms with Gasteiger partial charge in [-0.3, -0.25) is 0 Å². The summed E-state index contributed by atoms with van der Waals surface area (Å²) in [6.45, 7) is 5.90. The molecule has 4 nitrogen and oxygen atoms in total. The van der Waals surface area contributed by atoms with Gasteiger partial charge < -0.3 is 20.1 Å². The zero-order valence-corrected chi connectivity index (χ0v) is 30.4. The van der Waals surface area contributed by atoms with Crippen molar-refractivity contribution in [2.75, 3.05) is 26.2 Å². The van der Waals surface area contributed by atoms with Gasteiger partial charge in [0.15, 0.2) is 0 Å². The molecule has 15 heteroatoms. The molecule has 0 saturated carbocycles. The molecule has 4 aromatic rings. The van der Waals surface area contributed by atoms with Crippen molar-refractivity contribution < 1.29 is 57.8 Å². The van der Waals surface area contributed by atoms with Gasteiger partial charge in [-0.15, -0.1) is 0 Å². The molecule has 2 saturated heterocycles. The van der Waals surface area contributed by atoms with Gasteiger partial charge in [-0.05, 0) is 128 Å². The lowest BCUT2D eigenvalue weighted by molar-refractivity contribution is -0.143. The third kappa shape index (κ3) is 11.5.